The van der Waals surface area contributed by atoms with Crippen molar-refractivity contribution < 1.29 is 18.8 Å². The van der Waals surface area contributed by atoms with Crippen molar-refractivity contribution in [3.05, 3.63) is 70.0 Å². The van der Waals surface area contributed by atoms with Gasteiger partial charge in [-0.2, -0.15) is 0 Å². The molecule has 3 atom stereocenters. The van der Waals surface area contributed by atoms with Crippen molar-refractivity contribution in [3.63, 3.8) is 0 Å². The van der Waals surface area contributed by atoms with Gasteiger partial charge in [0.15, 0.2) is 0 Å². The molecule has 3 amide bonds. The number of amides is 3. The second-order valence-electron chi connectivity index (χ2n) is 7.15. The topological polar surface area (TPSA) is 78.5 Å². The van der Waals surface area contributed by atoms with Crippen molar-refractivity contribution >= 4 is 41.1 Å². The number of carbonyl (C=O) groups is 3. The standard InChI is InChI=1S/C21H19ClFN3O3S/c1-11(18(27)24-9-14-15(22)7-4-8-16(14)23)25-19(28)17-10-30-21-13-6-3-2-5-12(13)20(29)26(17)21/h2-8,11,17,21H,9-10H2,1H3,(H,24,27)(H,25,28)/t11-,17-,21-/m0/s1. The van der Waals surface area contributed by atoms with E-state index in [1.807, 2.05) is 12.1 Å². The minimum Gasteiger partial charge on any atom is -0.350 e. The molecule has 2 N–H and O–H groups in total. The maximum Gasteiger partial charge on any atom is 0.256 e. The fourth-order valence-electron chi connectivity index (χ4n) is 3.65. The second kappa shape index (κ2) is 8.28. The summed E-state index contributed by atoms with van der Waals surface area (Å²) in [4.78, 5) is 39.5. The van der Waals surface area contributed by atoms with Crippen molar-refractivity contribution in [2.75, 3.05) is 5.75 Å². The van der Waals surface area contributed by atoms with Gasteiger partial charge in [0.2, 0.25) is 11.8 Å². The van der Waals surface area contributed by atoms with Crippen LogP contribution in [0.15, 0.2) is 42.5 Å². The quantitative estimate of drug-likeness (QED) is 0.738. The molecule has 2 aromatic rings. The molecule has 0 bridgehead atoms. The Kier molecular flexibility index (Phi) is 5.71. The minimum absolute atomic E-state index is 0.0914. The van der Waals surface area contributed by atoms with Gasteiger partial charge >= 0.3 is 0 Å². The summed E-state index contributed by atoms with van der Waals surface area (Å²) in [6, 6.07) is 10.1. The van der Waals surface area contributed by atoms with Gasteiger partial charge in [-0.25, -0.2) is 4.39 Å². The number of hydrogen-bond donors (Lipinski definition) is 2. The van der Waals surface area contributed by atoms with Gasteiger partial charge in [0.05, 0.1) is 0 Å². The number of fused-ring (bicyclic) bond motifs is 3. The highest BCUT2D eigenvalue weighted by molar-refractivity contribution is 7.99. The number of nitrogens with one attached hydrogen (secondary N) is 2. The van der Waals surface area contributed by atoms with Gasteiger partial charge in [0.25, 0.3) is 5.91 Å². The van der Waals surface area contributed by atoms with E-state index < -0.39 is 29.7 Å². The molecule has 0 aliphatic carbocycles. The molecule has 9 heteroatoms. The molecule has 30 heavy (non-hydrogen) atoms. The maximum absolute atomic E-state index is 13.8. The van der Waals surface area contributed by atoms with Gasteiger partial charge in [-0.05, 0) is 30.7 Å². The van der Waals surface area contributed by atoms with Gasteiger partial charge in [0, 0.05) is 28.4 Å². The van der Waals surface area contributed by atoms with E-state index in [0.29, 0.717) is 11.3 Å². The zero-order valence-corrected chi connectivity index (χ0v) is 17.6. The molecule has 4 rings (SSSR count). The van der Waals surface area contributed by atoms with Gasteiger partial charge < -0.3 is 15.5 Å². The first kappa shape index (κ1) is 20.7. The molecular formula is C21H19ClFN3O3S. The molecule has 0 saturated carbocycles. The van der Waals surface area contributed by atoms with Crippen LogP contribution < -0.4 is 10.6 Å². The van der Waals surface area contributed by atoms with Crippen molar-refractivity contribution in [1.29, 1.82) is 0 Å². The third-order valence-corrected chi connectivity index (χ3v) is 6.91. The zero-order valence-electron chi connectivity index (χ0n) is 16.0. The number of hydrogen-bond acceptors (Lipinski definition) is 4. The Morgan fingerprint density at radius 1 is 1.27 bits per heavy atom. The van der Waals surface area contributed by atoms with E-state index in [1.54, 1.807) is 17.0 Å². The van der Waals surface area contributed by atoms with Crippen molar-refractivity contribution in [2.45, 2.75) is 30.9 Å². The fourth-order valence-corrected chi connectivity index (χ4v) is 5.34. The summed E-state index contributed by atoms with van der Waals surface area (Å²) in [5.41, 5.74) is 1.71. The highest BCUT2D eigenvalue weighted by Gasteiger charge is 2.48. The molecule has 2 heterocycles. The summed E-state index contributed by atoms with van der Waals surface area (Å²) < 4.78 is 13.8. The lowest BCUT2D eigenvalue weighted by atomic mass is 10.1. The number of rotatable bonds is 5. The minimum atomic E-state index is -0.854. The van der Waals surface area contributed by atoms with Crippen LogP contribution in [0.2, 0.25) is 5.02 Å². The molecule has 6 nitrogen and oxygen atoms in total. The van der Waals surface area contributed by atoms with Crippen LogP contribution in [-0.4, -0.2) is 40.5 Å². The van der Waals surface area contributed by atoms with Crippen LogP contribution >= 0.6 is 23.4 Å². The van der Waals surface area contributed by atoms with Gasteiger partial charge in [-0.15, -0.1) is 11.8 Å². The summed E-state index contributed by atoms with van der Waals surface area (Å²) >= 11 is 7.50. The average molecular weight is 448 g/mol. The van der Waals surface area contributed by atoms with Crippen LogP contribution in [-0.2, 0) is 16.1 Å². The molecule has 0 spiro atoms. The third kappa shape index (κ3) is 3.65. The van der Waals surface area contributed by atoms with E-state index in [1.165, 1.54) is 36.9 Å². The van der Waals surface area contributed by atoms with E-state index in [9.17, 15) is 18.8 Å². The molecule has 0 unspecified atom stereocenters. The van der Waals surface area contributed by atoms with Crippen molar-refractivity contribution in [2.24, 2.45) is 0 Å². The highest BCUT2D eigenvalue weighted by Crippen LogP contribution is 2.48. The lowest BCUT2D eigenvalue weighted by Gasteiger charge is -2.24. The van der Waals surface area contributed by atoms with E-state index in [-0.39, 0.29) is 28.4 Å². The van der Waals surface area contributed by atoms with Crippen molar-refractivity contribution in [1.82, 2.24) is 15.5 Å². The summed E-state index contributed by atoms with van der Waals surface area (Å²) in [5.74, 6) is -1.10. The van der Waals surface area contributed by atoms with Crippen LogP contribution in [0, 0.1) is 5.82 Å². The predicted octanol–water partition coefficient (Wildman–Crippen LogP) is 2.87. The lowest BCUT2D eigenvalue weighted by Crippen LogP contribution is -2.52. The molecular weight excluding hydrogens is 429 g/mol. The molecule has 0 aromatic heterocycles. The first-order valence-electron chi connectivity index (χ1n) is 9.42. The monoisotopic (exact) mass is 447 g/mol. The van der Waals surface area contributed by atoms with Crippen molar-refractivity contribution in [3.8, 4) is 0 Å². The molecule has 2 aromatic carbocycles. The molecule has 2 aliphatic heterocycles. The first-order chi connectivity index (χ1) is 14.4. The number of halogens is 2. The summed E-state index contributed by atoms with van der Waals surface area (Å²) in [5, 5.41) is 5.28. The Bertz CT molecular complexity index is 1010. The Balaban J connectivity index is 1.37. The number of nitrogens with zero attached hydrogens (tertiary/aromatic N) is 1. The summed E-state index contributed by atoms with van der Waals surface area (Å²) in [6.07, 6.45) is 0. The molecule has 1 saturated heterocycles. The van der Waals surface area contributed by atoms with Crippen LogP contribution in [0.3, 0.4) is 0 Å². The number of carbonyl (C=O) groups excluding carboxylic acids is 3. The maximum atomic E-state index is 13.8. The zero-order chi connectivity index (χ0) is 21.4. The van der Waals surface area contributed by atoms with Gasteiger partial charge in [0.1, 0.15) is 23.3 Å². The molecule has 156 valence electrons. The number of benzene rings is 2. The van der Waals surface area contributed by atoms with Gasteiger partial charge in [-0.1, -0.05) is 35.9 Å². The first-order valence-corrected chi connectivity index (χ1v) is 10.9. The van der Waals surface area contributed by atoms with Crippen LogP contribution in [0.5, 0.6) is 0 Å². The Labute approximate surface area is 182 Å². The lowest BCUT2D eigenvalue weighted by molar-refractivity contribution is -0.130. The summed E-state index contributed by atoms with van der Waals surface area (Å²) in [7, 11) is 0. The van der Waals surface area contributed by atoms with Crippen LogP contribution in [0.25, 0.3) is 0 Å². The van der Waals surface area contributed by atoms with Gasteiger partial charge in [-0.3, -0.25) is 14.4 Å². The smallest absolute Gasteiger partial charge is 0.256 e. The Hall–Kier alpha value is -2.58. The fraction of sp³-hybridized carbons (Fsp3) is 0.286. The van der Waals surface area contributed by atoms with Crippen LogP contribution in [0.4, 0.5) is 4.39 Å². The van der Waals surface area contributed by atoms with Crippen LogP contribution in [0.1, 0.15) is 33.8 Å². The molecule has 2 aliphatic rings. The third-order valence-electron chi connectivity index (χ3n) is 5.25. The summed E-state index contributed by atoms with van der Waals surface area (Å²) in [6.45, 7) is 1.45. The highest BCUT2D eigenvalue weighted by atomic mass is 35.5. The SMILES string of the molecule is C[C@H](NC(=O)[C@@H]1CS[C@H]2c3ccccc3C(=O)N12)C(=O)NCc1c(F)cccc1Cl. The average Bonchev–Trinajstić information content (AvgIpc) is 3.28. The molecule has 0 radical (unpaired) electrons. The van der Waals surface area contributed by atoms with E-state index in [4.69, 9.17) is 11.6 Å². The Morgan fingerprint density at radius 2 is 2.03 bits per heavy atom. The van der Waals surface area contributed by atoms with E-state index in [0.717, 1.165) is 5.56 Å². The van der Waals surface area contributed by atoms with E-state index >= 15 is 0 Å². The molecule has 1 fully saturated rings. The normalized spacial score (nSPS) is 20.5. The largest absolute Gasteiger partial charge is 0.350 e. The Morgan fingerprint density at radius 3 is 2.80 bits per heavy atom. The second-order valence-corrected chi connectivity index (χ2v) is 8.67. The van der Waals surface area contributed by atoms with E-state index in [2.05, 4.69) is 10.6 Å². The number of thioether (sulfide) groups is 1. The predicted molar refractivity (Wildman–Crippen MR) is 112 cm³/mol.